The molecule has 0 aliphatic carbocycles. The van der Waals surface area contributed by atoms with Crippen molar-refractivity contribution in [1.29, 1.82) is 0 Å². The van der Waals surface area contributed by atoms with Crippen molar-refractivity contribution in [2.45, 2.75) is 44.2 Å². The van der Waals surface area contributed by atoms with Gasteiger partial charge in [-0.25, -0.2) is 13.4 Å². The molecular formula is C23H29N5O4S. The molecule has 0 N–H and O–H groups in total. The number of benzene rings is 1. The van der Waals surface area contributed by atoms with Gasteiger partial charge in [0.05, 0.1) is 17.6 Å². The lowest BCUT2D eigenvalue weighted by Crippen LogP contribution is -2.53. The van der Waals surface area contributed by atoms with Crippen molar-refractivity contribution >= 4 is 21.3 Å². The Balaban J connectivity index is 1.32. The molecule has 0 amide bonds. The van der Waals surface area contributed by atoms with Crippen molar-refractivity contribution in [2.24, 2.45) is 0 Å². The van der Waals surface area contributed by atoms with Crippen LogP contribution < -0.4 is 9.64 Å². The summed E-state index contributed by atoms with van der Waals surface area (Å²) in [4.78, 5) is 13.4. The quantitative estimate of drug-likeness (QED) is 0.489. The summed E-state index contributed by atoms with van der Waals surface area (Å²) in [6.07, 6.45) is 3.01. The Hall–Kier alpha value is -2.98. The number of aromatic nitrogens is 3. The van der Waals surface area contributed by atoms with Gasteiger partial charge < -0.3 is 14.2 Å². The smallest absolute Gasteiger partial charge is 0.240 e. The lowest BCUT2D eigenvalue weighted by molar-refractivity contribution is 0.00844. The second-order valence-electron chi connectivity index (χ2n) is 8.77. The van der Waals surface area contributed by atoms with Gasteiger partial charge in [0.1, 0.15) is 17.7 Å². The molecule has 0 saturated carbocycles. The molecule has 3 aromatic rings. The van der Waals surface area contributed by atoms with Gasteiger partial charge in [-0.05, 0) is 42.8 Å². The predicted octanol–water partition coefficient (Wildman–Crippen LogP) is 3.33. The number of hydrogen-bond acceptors (Lipinski definition) is 9. The van der Waals surface area contributed by atoms with Crippen LogP contribution in [0.3, 0.4) is 0 Å². The molecule has 10 heteroatoms. The minimum atomic E-state index is -3.24. The third-order valence-electron chi connectivity index (χ3n) is 5.61. The van der Waals surface area contributed by atoms with Gasteiger partial charge in [0.2, 0.25) is 5.89 Å². The first-order chi connectivity index (χ1) is 15.6. The van der Waals surface area contributed by atoms with Gasteiger partial charge in [0.15, 0.2) is 15.7 Å². The lowest BCUT2D eigenvalue weighted by Gasteiger charge is -2.37. The van der Waals surface area contributed by atoms with E-state index in [0.717, 1.165) is 36.0 Å². The highest BCUT2D eigenvalue weighted by Gasteiger charge is 2.30. The molecule has 1 saturated heterocycles. The highest BCUT2D eigenvalue weighted by atomic mass is 32.2. The Morgan fingerprint density at radius 3 is 2.58 bits per heavy atom. The van der Waals surface area contributed by atoms with Gasteiger partial charge in [-0.3, -0.25) is 4.90 Å². The maximum atomic E-state index is 11.8. The number of aryl methyl sites for hydroxylation is 1. The maximum absolute atomic E-state index is 11.8. The van der Waals surface area contributed by atoms with Crippen molar-refractivity contribution in [3.05, 3.63) is 53.8 Å². The van der Waals surface area contributed by atoms with E-state index in [0.29, 0.717) is 23.1 Å². The first kappa shape index (κ1) is 23.2. The minimum absolute atomic E-state index is 0.0913. The molecule has 0 bridgehead atoms. The zero-order chi connectivity index (χ0) is 23.8. The number of anilines is 2. The predicted molar refractivity (Wildman–Crippen MR) is 125 cm³/mol. The molecule has 176 valence electrons. The molecule has 4 rings (SSSR count). The van der Waals surface area contributed by atoms with Crippen LogP contribution in [0.15, 0.2) is 45.9 Å². The van der Waals surface area contributed by atoms with E-state index >= 15 is 0 Å². The summed E-state index contributed by atoms with van der Waals surface area (Å²) in [6, 6.07) is 8.88. The highest BCUT2D eigenvalue weighted by Crippen LogP contribution is 2.29. The number of ether oxygens (including phenoxy) is 1. The fourth-order valence-electron chi connectivity index (χ4n) is 3.68. The minimum Gasteiger partial charge on any atom is -0.486 e. The normalized spacial score (nSPS) is 15.0. The summed E-state index contributed by atoms with van der Waals surface area (Å²) >= 11 is 0. The number of rotatable bonds is 8. The Morgan fingerprint density at radius 1 is 1.24 bits per heavy atom. The fourth-order valence-corrected chi connectivity index (χ4v) is 4.38. The molecule has 0 radical (unpaired) electrons. The molecule has 1 aliphatic rings. The summed E-state index contributed by atoms with van der Waals surface area (Å²) in [5.74, 6) is 3.06. The first-order valence-corrected chi connectivity index (χ1v) is 12.7. The van der Waals surface area contributed by atoms with E-state index in [-0.39, 0.29) is 12.0 Å². The third kappa shape index (κ3) is 5.33. The number of nitrogens with zero attached hydrogens (tertiary/aromatic N) is 5. The fraction of sp³-hybridized carbons (Fsp3) is 0.435. The molecule has 3 heterocycles. The Labute approximate surface area is 194 Å². The molecule has 0 unspecified atom stereocenters. The molecule has 33 heavy (non-hydrogen) atoms. The van der Waals surface area contributed by atoms with E-state index in [9.17, 15) is 8.42 Å². The van der Waals surface area contributed by atoms with E-state index < -0.39 is 9.84 Å². The van der Waals surface area contributed by atoms with Gasteiger partial charge in [-0.15, -0.1) is 0 Å². The molecule has 2 aromatic heterocycles. The molecule has 1 aliphatic heterocycles. The topological polar surface area (TPSA) is 102 Å². The molecule has 1 aromatic carbocycles. The number of hydrogen-bond donors (Lipinski definition) is 0. The van der Waals surface area contributed by atoms with Crippen molar-refractivity contribution < 1.29 is 17.7 Å². The first-order valence-electron chi connectivity index (χ1n) is 10.8. The van der Waals surface area contributed by atoms with E-state index in [1.165, 1.54) is 6.26 Å². The van der Waals surface area contributed by atoms with Gasteiger partial charge in [-0.1, -0.05) is 19.0 Å². The molecular weight excluding hydrogens is 442 g/mol. The zero-order valence-corrected chi connectivity index (χ0v) is 20.3. The number of sulfone groups is 1. The standard InChI is InChI=1S/C23H29N5O4S/c1-15(2)23-25-22(32-26-23)14-28-12-18(13-28)31-17-6-9-21(24-11-17)27(4)20-8-7-19(10-16(20)3)33(5,29)30/h6-11,15,18H,12-14H2,1-5H3. The summed E-state index contributed by atoms with van der Waals surface area (Å²) in [5.41, 5.74) is 1.75. The van der Waals surface area contributed by atoms with E-state index in [2.05, 4.69) is 20.0 Å². The van der Waals surface area contributed by atoms with Crippen LogP contribution in [0.5, 0.6) is 5.75 Å². The summed E-state index contributed by atoms with van der Waals surface area (Å²) < 4.78 is 34.9. The number of likely N-dealkylation sites (tertiary alicyclic amines) is 1. The van der Waals surface area contributed by atoms with Crippen molar-refractivity contribution in [3.63, 3.8) is 0 Å². The van der Waals surface area contributed by atoms with Crippen molar-refractivity contribution in [2.75, 3.05) is 31.3 Å². The second kappa shape index (κ2) is 9.11. The van der Waals surface area contributed by atoms with Crippen LogP contribution in [0.1, 0.15) is 37.0 Å². The van der Waals surface area contributed by atoms with Crippen LogP contribution in [-0.4, -0.2) is 60.9 Å². The van der Waals surface area contributed by atoms with Crippen molar-refractivity contribution in [3.8, 4) is 5.75 Å². The molecule has 0 spiro atoms. The van der Waals surface area contributed by atoms with Crippen LogP contribution >= 0.6 is 0 Å². The van der Waals surface area contributed by atoms with Gasteiger partial charge in [0, 0.05) is 38.0 Å². The highest BCUT2D eigenvalue weighted by molar-refractivity contribution is 7.90. The third-order valence-corrected chi connectivity index (χ3v) is 6.72. The largest absolute Gasteiger partial charge is 0.486 e. The summed E-state index contributed by atoms with van der Waals surface area (Å²) in [5, 5.41) is 4.00. The molecule has 1 fully saturated rings. The molecule has 0 atom stereocenters. The monoisotopic (exact) mass is 471 g/mol. The Kier molecular flexibility index (Phi) is 6.40. The van der Waals surface area contributed by atoms with Crippen molar-refractivity contribution in [1.82, 2.24) is 20.0 Å². The van der Waals surface area contributed by atoms with E-state index in [1.54, 1.807) is 24.4 Å². The average Bonchev–Trinajstić information content (AvgIpc) is 3.20. The summed E-state index contributed by atoms with van der Waals surface area (Å²) in [7, 11) is -1.34. The van der Waals surface area contributed by atoms with E-state index in [4.69, 9.17) is 9.26 Å². The van der Waals surface area contributed by atoms with Gasteiger partial charge in [0.25, 0.3) is 0 Å². The van der Waals surface area contributed by atoms with Crippen LogP contribution in [0.2, 0.25) is 0 Å². The number of pyridine rings is 1. The lowest BCUT2D eigenvalue weighted by atomic mass is 10.1. The van der Waals surface area contributed by atoms with Gasteiger partial charge in [-0.2, -0.15) is 4.98 Å². The second-order valence-corrected chi connectivity index (χ2v) is 10.8. The van der Waals surface area contributed by atoms with Crippen LogP contribution in [0, 0.1) is 6.92 Å². The van der Waals surface area contributed by atoms with Crippen LogP contribution in [0.4, 0.5) is 11.5 Å². The van der Waals surface area contributed by atoms with E-state index in [1.807, 2.05) is 44.9 Å². The Bertz CT molecular complexity index is 1220. The van der Waals surface area contributed by atoms with Crippen LogP contribution in [0.25, 0.3) is 0 Å². The van der Waals surface area contributed by atoms with Gasteiger partial charge >= 0.3 is 0 Å². The SMILES string of the molecule is Cc1cc(S(C)(=O)=O)ccc1N(C)c1ccc(OC2CN(Cc3nc(C(C)C)no3)C2)cn1. The molecule has 9 nitrogen and oxygen atoms in total. The summed E-state index contributed by atoms with van der Waals surface area (Å²) in [6.45, 7) is 8.15. The Morgan fingerprint density at radius 2 is 2.00 bits per heavy atom. The maximum Gasteiger partial charge on any atom is 0.240 e. The van der Waals surface area contributed by atoms with Crippen LogP contribution in [-0.2, 0) is 16.4 Å². The zero-order valence-electron chi connectivity index (χ0n) is 19.5. The average molecular weight is 472 g/mol.